The maximum absolute atomic E-state index is 13.9. The molecule has 4 N–H and O–H groups in total. The van der Waals surface area contributed by atoms with Gasteiger partial charge in [-0.3, -0.25) is 9.59 Å². The van der Waals surface area contributed by atoms with Crippen LogP contribution in [0.3, 0.4) is 0 Å². The molecule has 1 atom stereocenters. The van der Waals surface area contributed by atoms with Crippen LogP contribution >= 0.6 is 0 Å². The van der Waals surface area contributed by atoms with Gasteiger partial charge in [0.05, 0.1) is 15.3 Å². The van der Waals surface area contributed by atoms with Crippen LogP contribution in [0.1, 0.15) is 45.7 Å². The number of pyridine rings is 1. The number of carbonyl (C=O) groups excluding carboxylic acids is 2. The van der Waals surface area contributed by atoms with E-state index in [1.165, 1.54) is 24.5 Å². The van der Waals surface area contributed by atoms with E-state index in [2.05, 4.69) is 10.3 Å². The molecule has 1 aliphatic rings. The number of amides is 2. The number of halogens is 2. The fourth-order valence-electron chi connectivity index (χ4n) is 3.58. The smallest absolute Gasteiger partial charge is 0.267 e. The molecule has 2 heterocycles. The number of hydrogen-bond donors (Lipinski definition) is 3. The Morgan fingerprint density at radius 3 is 2.62 bits per heavy atom. The lowest BCUT2D eigenvalue weighted by Gasteiger charge is -2.25. The summed E-state index contributed by atoms with van der Waals surface area (Å²) in [6, 6.07) is 7.51. The van der Waals surface area contributed by atoms with Gasteiger partial charge in [-0.15, -0.1) is 0 Å². The maximum atomic E-state index is 13.9. The van der Waals surface area contributed by atoms with Gasteiger partial charge in [-0.1, -0.05) is 6.07 Å². The van der Waals surface area contributed by atoms with E-state index in [-0.39, 0.29) is 47.9 Å². The van der Waals surface area contributed by atoms with Gasteiger partial charge in [-0.05, 0) is 43.2 Å². The summed E-state index contributed by atoms with van der Waals surface area (Å²) in [5.74, 6) is -4.05. The van der Waals surface area contributed by atoms with E-state index >= 15 is 0 Å². The minimum absolute atomic E-state index is 0.0336. The number of primary amides is 1. The summed E-state index contributed by atoms with van der Waals surface area (Å²) < 4.78 is 47.5. The molecule has 1 saturated heterocycles. The molecule has 32 heavy (non-hydrogen) atoms. The van der Waals surface area contributed by atoms with E-state index in [0.717, 1.165) is 0 Å². The summed E-state index contributed by atoms with van der Waals surface area (Å²) in [6.45, 7) is 1.82. The first-order valence-electron chi connectivity index (χ1n) is 9.97. The van der Waals surface area contributed by atoms with Gasteiger partial charge in [0.15, 0.2) is 0 Å². The van der Waals surface area contributed by atoms with Crippen LogP contribution in [0.5, 0.6) is 0 Å². The summed E-state index contributed by atoms with van der Waals surface area (Å²) >= 11 is 0. The highest BCUT2D eigenvalue weighted by atomic mass is 32.2. The van der Waals surface area contributed by atoms with Crippen molar-refractivity contribution in [3.05, 3.63) is 47.2 Å². The van der Waals surface area contributed by atoms with Crippen molar-refractivity contribution < 1.29 is 22.6 Å². The van der Waals surface area contributed by atoms with Crippen LogP contribution in [0.2, 0.25) is 0 Å². The second-order valence-electron chi connectivity index (χ2n) is 7.91. The number of benzene rings is 1. The van der Waals surface area contributed by atoms with Crippen LogP contribution in [0.4, 0.5) is 20.3 Å². The van der Waals surface area contributed by atoms with Gasteiger partial charge in [-0.2, -0.15) is 0 Å². The molecule has 2 amide bonds. The fraction of sp³-hybridized carbons (Fsp3) is 0.381. The molecule has 8 nitrogen and oxygen atoms in total. The predicted molar refractivity (Wildman–Crippen MR) is 118 cm³/mol. The Balaban J connectivity index is 2.01. The van der Waals surface area contributed by atoms with Crippen LogP contribution in [0.15, 0.2) is 35.2 Å². The molecule has 0 spiro atoms. The number of nitrogens with zero attached hydrogens (tertiary/aromatic N) is 2. The number of nitrogens with two attached hydrogens (primary N) is 1. The number of aromatic nitrogens is 1. The molecule has 0 saturated carbocycles. The summed E-state index contributed by atoms with van der Waals surface area (Å²) in [5.41, 5.74) is 6.18. The molecule has 1 aromatic heterocycles. The van der Waals surface area contributed by atoms with Crippen molar-refractivity contribution >= 4 is 33.0 Å². The van der Waals surface area contributed by atoms with Gasteiger partial charge < -0.3 is 16.0 Å². The fourth-order valence-corrected chi connectivity index (χ4v) is 4.27. The van der Waals surface area contributed by atoms with Gasteiger partial charge in [0.2, 0.25) is 5.92 Å². The highest BCUT2D eigenvalue weighted by molar-refractivity contribution is 7.91. The van der Waals surface area contributed by atoms with Gasteiger partial charge in [0.25, 0.3) is 11.8 Å². The number of rotatable bonds is 5. The molecule has 1 aromatic carbocycles. The molecule has 1 fully saturated rings. The Hall–Kier alpha value is -3.08. The topological polar surface area (TPSA) is 129 Å². The SMILES string of the molecule is Cc1cc(C(N)=O)nc(N2CCCC(F)(F)CC2)c1C(=O)Nc1cccc([S@](C)(=N)=O)c1. The second kappa shape index (κ2) is 8.81. The zero-order chi connectivity index (χ0) is 23.7. The Morgan fingerprint density at radius 2 is 1.97 bits per heavy atom. The number of nitrogens with one attached hydrogen (secondary N) is 2. The monoisotopic (exact) mass is 465 g/mol. The summed E-state index contributed by atoms with van der Waals surface area (Å²) in [7, 11) is -2.98. The first-order chi connectivity index (χ1) is 14.9. The molecule has 172 valence electrons. The third kappa shape index (κ3) is 5.39. The summed E-state index contributed by atoms with van der Waals surface area (Å²) in [6.07, 6.45) is 0.811. The molecule has 0 bridgehead atoms. The molecule has 0 radical (unpaired) electrons. The van der Waals surface area contributed by atoms with Crippen LogP contribution < -0.4 is 16.0 Å². The van der Waals surface area contributed by atoms with E-state index in [1.54, 1.807) is 24.0 Å². The van der Waals surface area contributed by atoms with Crippen molar-refractivity contribution in [1.29, 1.82) is 4.78 Å². The highest BCUT2D eigenvalue weighted by Gasteiger charge is 2.33. The molecule has 11 heteroatoms. The average molecular weight is 466 g/mol. The van der Waals surface area contributed by atoms with E-state index in [0.29, 0.717) is 11.3 Å². The lowest BCUT2D eigenvalue weighted by molar-refractivity contribution is -0.0102. The Kier molecular flexibility index (Phi) is 6.49. The van der Waals surface area contributed by atoms with Crippen LogP contribution in [0.25, 0.3) is 0 Å². The third-order valence-electron chi connectivity index (χ3n) is 5.24. The Bertz CT molecular complexity index is 1170. The van der Waals surface area contributed by atoms with E-state index in [9.17, 15) is 22.6 Å². The summed E-state index contributed by atoms with van der Waals surface area (Å²) in [4.78, 5) is 31.0. The van der Waals surface area contributed by atoms with E-state index < -0.39 is 33.9 Å². The lowest BCUT2D eigenvalue weighted by Crippen LogP contribution is -2.31. The number of carbonyl (C=O) groups is 2. The van der Waals surface area contributed by atoms with E-state index in [1.807, 2.05) is 0 Å². The Morgan fingerprint density at radius 1 is 1.25 bits per heavy atom. The van der Waals surface area contributed by atoms with Crippen molar-refractivity contribution in [2.45, 2.75) is 37.0 Å². The summed E-state index contributed by atoms with van der Waals surface area (Å²) in [5, 5.41) is 2.69. The minimum atomic E-state index is -2.98. The predicted octanol–water partition coefficient (Wildman–Crippen LogP) is 3.40. The number of hydrogen-bond acceptors (Lipinski definition) is 6. The van der Waals surface area contributed by atoms with Crippen LogP contribution in [-0.4, -0.2) is 46.3 Å². The van der Waals surface area contributed by atoms with Crippen molar-refractivity contribution in [3.8, 4) is 0 Å². The normalized spacial score (nSPS) is 17.8. The molecular weight excluding hydrogens is 440 g/mol. The number of anilines is 2. The number of alkyl halides is 2. The van der Waals surface area contributed by atoms with Crippen LogP contribution in [-0.2, 0) is 9.73 Å². The van der Waals surface area contributed by atoms with Crippen molar-refractivity contribution in [1.82, 2.24) is 4.98 Å². The third-order valence-corrected chi connectivity index (χ3v) is 6.39. The zero-order valence-electron chi connectivity index (χ0n) is 17.8. The van der Waals surface area contributed by atoms with Crippen molar-refractivity contribution in [2.24, 2.45) is 5.73 Å². The van der Waals surface area contributed by atoms with Crippen LogP contribution in [0, 0.1) is 11.7 Å². The van der Waals surface area contributed by atoms with Gasteiger partial charge in [-0.25, -0.2) is 22.8 Å². The number of aryl methyl sites for hydroxylation is 1. The van der Waals surface area contributed by atoms with E-state index in [4.69, 9.17) is 10.5 Å². The minimum Gasteiger partial charge on any atom is -0.364 e. The molecular formula is C21H25F2N5O3S. The quantitative estimate of drug-likeness (QED) is 0.623. The first-order valence-corrected chi connectivity index (χ1v) is 11.9. The molecule has 0 aliphatic carbocycles. The highest BCUT2D eigenvalue weighted by Crippen LogP contribution is 2.32. The first kappa shape index (κ1) is 23.6. The van der Waals surface area contributed by atoms with Gasteiger partial charge in [0, 0.05) is 42.8 Å². The zero-order valence-corrected chi connectivity index (χ0v) is 18.6. The standard InChI is InChI=1S/C21H25F2N5O3S/c1-13-11-16(18(24)29)27-19(28-9-4-7-21(22,23)8-10-28)17(13)20(30)26-14-5-3-6-15(12-14)32(2,25)31/h3,5-6,11-12,25H,4,7-10H2,1-2H3,(H2,24,29)(H,26,30)/t32-/m1/s1. The van der Waals surface area contributed by atoms with Crippen molar-refractivity contribution in [2.75, 3.05) is 29.6 Å². The average Bonchev–Trinajstić information content (AvgIpc) is 2.87. The maximum Gasteiger partial charge on any atom is 0.267 e. The largest absolute Gasteiger partial charge is 0.364 e. The van der Waals surface area contributed by atoms with Crippen molar-refractivity contribution in [3.63, 3.8) is 0 Å². The molecule has 3 rings (SSSR count). The Labute approximate surface area is 185 Å². The van der Waals surface area contributed by atoms with Gasteiger partial charge in [0.1, 0.15) is 11.5 Å². The molecule has 2 aromatic rings. The lowest BCUT2D eigenvalue weighted by atomic mass is 10.1. The van der Waals surface area contributed by atoms with Gasteiger partial charge >= 0.3 is 0 Å². The molecule has 0 unspecified atom stereocenters. The molecule has 1 aliphatic heterocycles. The second-order valence-corrected chi connectivity index (χ2v) is 10.1.